The first-order chi connectivity index (χ1) is 18.2. The van der Waals surface area contributed by atoms with Crippen molar-refractivity contribution in [2.24, 2.45) is 0 Å². The van der Waals surface area contributed by atoms with Crippen LogP contribution in [0.4, 0.5) is 105 Å². The van der Waals surface area contributed by atoms with Gasteiger partial charge in [-0.15, -0.1) is 0 Å². The van der Waals surface area contributed by atoms with E-state index in [1.165, 1.54) is 0 Å². The first kappa shape index (κ1) is 41.4. The fraction of sp³-hybridized carbons (Fsp3) is 1.00. The van der Waals surface area contributed by atoms with Crippen molar-refractivity contribution in [2.45, 2.75) is 85.3 Å². The van der Waals surface area contributed by atoms with Crippen LogP contribution in [0.3, 0.4) is 0 Å². The molecule has 0 aromatic rings. The normalized spacial score (nSPS) is 18.8. The number of phosphoric ester groups is 1. The maximum atomic E-state index is 13.5. The Hall–Kier alpha value is -1.57. The molecule has 0 saturated heterocycles. The summed E-state index contributed by atoms with van der Waals surface area (Å²) in [5, 5.41) is 0. The lowest BCUT2D eigenvalue weighted by molar-refractivity contribution is -0.429. The zero-order chi connectivity index (χ0) is 35.5. The van der Waals surface area contributed by atoms with Crippen LogP contribution in [0.2, 0.25) is 0 Å². The summed E-state index contributed by atoms with van der Waals surface area (Å²) < 4.78 is 327. The van der Waals surface area contributed by atoms with Gasteiger partial charge in [0, 0.05) is 0 Å². The van der Waals surface area contributed by atoms with Crippen molar-refractivity contribution in [2.75, 3.05) is 0 Å². The fourth-order valence-electron chi connectivity index (χ4n) is 2.26. The first-order valence-corrected chi connectivity index (χ1v) is 10.8. The van der Waals surface area contributed by atoms with E-state index in [2.05, 4.69) is 0 Å². The maximum absolute atomic E-state index is 13.5. The van der Waals surface area contributed by atoms with E-state index in [0.29, 0.717) is 0 Å². The summed E-state index contributed by atoms with van der Waals surface area (Å²) in [5.74, 6) is -48.4. The number of phosphoric acid groups is 1. The highest BCUT2D eigenvalue weighted by molar-refractivity contribution is 7.47. The Morgan fingerprint density at radius 2 is 0.674 bits per heavy atom. The molecule has 0 fully saturated rings. The molecule has 260 valence electrons. The van der Waals surface area contributed by atoms with E-state index in [1.54, 1.807) is 9.05 Å². The topological polar surface area (TPSA) is 55.8 Å². The Bertz CT molecular complexity index is 940. The third-order valence-corrected chi connectivity index (χ3v) is 5.35. The van der Waals surface area contributed by atoms with Gasteiger partial charge in [0.25, 0.3) is 0 Å². The molecule has 0 heterocycles. The second kappa shape index (κ2) is 11.3. The van der Waals surface area contributed by atoms with Crippen LogP contribution in [0.25, 0.3) is 0 Å². The van der Waals surface area contributed by atoms with Crippen LogP contribution in [0.1, 0.15) is 12.8 Å². The van der Waals surface area contributed by atoms with E-state index in [-0.39, 0.29) is 0 Å². The molecule has 0 aliphatic carbocycles. The molecule has 0 rings (SSSR count). The quantitative estimate of drug-likeness (QED) is 0.144. The monoisotopic (exact) mass is 726 g/mol. The van der Waals surface area contributed by atoms with E-state index < -0.39 is 93.1 Å². The van der Waals surface area contributed by atoms with E-state index in [9.17, 15) is 110 Å². The second-order valence-electron chi connectivity index (χ2n) is 7.80. The molecule has 0 saturated carbocycles. The Morgan fingerprint density at radius 3 is 0.860 bits per heavy atom. The molecule has 2 atom stereocenters. The Kier molecular flexibility index (Phi) is 10.9. The molecule has 43 heavy (non-hydrogen) atoms. The van der Waals surface area contributed by atoms with Gasteiger partial charge in [0.1, 0.15) is 0 Å². The second-order valence-corrected chi connectivity index (χ2v) is 9.10. The number of rotatable bonds is 14. The molecule has 29 heteroatoms. The molecule has 0 spiro atoms. The van der Waals surface area contributed by atoms with E-state index in [1.807, 2.05) is 0 Å². The van der Waals surface area contributed by atoms with Gasteiger partial charge in [-0.3, -0.25) is 0 Å². The van der Waals surface area contributed by atoms with Crippen molar-refractivity contribution < 1.29 is 124 Å². The smallest absolute Gasteiger partial charge is 0.302 e. The lowest BCUT2D eigenvalue weighted by Gasteiger charge is -2.39. The average molecular weight is 726 g/mol. The highest BCUT2D eigenvalue weighted by Crippen LogP contribution is 2.64. The lowest BCUT2D eigenvalue weighted by Crippen LogP contribution is -2.66. The summed E-state index contributed by atoms with van der Waals surface area (Å²) in [6, 6.07) is 0. The molecule has 0 aromatic carbocycles. The summed E-state index contributed by atoms with van der Waals surface area (Å²) >= 11 is 0. The average Bonchev–Trinajstić information content (AvgIpc) is 2.68. The lowest BCUT2D eigenvalue weighted by atomic mass is 9.97. The van der Waals surface area contributed by atoms with Gasteiger partial charge in [-0.25, -0.2) is 22.4 Å². The van der Waals surface area contributed by atoms with Crippen molar-refractivity contribution in [3.8, 4) is 0 Å². The largest absolute Gasteiger partial charge is 0.482 e. The van der Waals surface area contributed by atoms with Crippen molar-refractivity contribution >= 4 is 7.82 Å². The van der Waals surface area contributed by atoms with Gasteiger partial charge in [0.15, 0.2) is 12.3 Å². The molecule has 2 unspecified atom stereocenters. The highest BCUT2D eigenvalue weighted by atomic mass is 31.2. The van der Waals surface area contributed by atoms with Crippen LogP contribution in [0, 0.1) is 0 Å². The predicted molar refractivity (Wildman–Crippen MR) is 82.7 cm³/mol. The van der Waals surface area contributed by atoms with Gasteiger partial charge < -0.3 is 4.89 Å². The fourth-order valence-corrected chi connectivity index (χ4v) is 3.11. The van der Waals surface area contributed by atoms with Crippen LogP contribution in [-0.2, 0) is 13.6 Å². The molecule has 0 amide bonds. The highest BCUT2D eigenvalue weighted by Gasteiger charge is 2.87. The predicted octanol–water partition coefficient (Wildman–Crippen LogP) is 8.70. The molecule has 0 aromatic heterocycles. The molecule has 0 aliphatic rings. The zero-order valence-corrected chi connectivity index (χ0v) is 19.7. The summed E-state index contributed by atoms with van der Waals surface area (Å²) in [6.45, 7) is 0. The number of alkyl halides is 24. The van der Waals surface area contributed by atoms with Crippen LogP contribution in [-0.4, -0.2) is 77.3 Å². The molecule has 0 aliphatic heterocycles. The van der Waals surface area contributed by atoms with Gasteiger partial charge in [-0.2, -0.15) is 96.6 Å². The third kappa shape index (κ3) is 7.99. The zero-order valence-electron chi connectivity index (χ0n) is 18.8. The van der Waals surface area contributed by atoms with Crippen molar-refractivity contribution in [1.29, 1.82) is 0 Å². The SMILES string of the molecule is O=P(O)(OC(F)(F)C(F)(F)C(F)(F)C(F)(F)C(F)CC(F)(F)F)OC(F)(F)C(F)(F)C(F)(F)C(F)(F)C(F)CC(F)(F)F. The van der Waals surface area contributed by atoms with Crippen LogP contribution >= 0.6 is 7.82 Å². The minimum Gasteiger partial charge on any atom is -0.302 e. The first-order valence-electron chi connectivity index (χ1n) is 9.35. The van der Waals surface area contributed by atoms with Crippen molar-refractivity contribution in [3.63, 3.8) is 0 Å². The van der Waals surface area contributed by atoms with E-state index in [4.69, 9.17) is 4.89 Å². The van der Waals surface area contributed by atoms with Crippen LogP contribution in [0.15, 0.2) is 0 Å². The molecular formula is C14H7F24O4P. The van der Waals surface area contributed by atoms with Gasteiger partial charge in [0.2, 0.25) is 0 Å². The van der Waals surface area contributed by atoms with Gasteiger partial charge in [-0.05, 0) is 0 Å². The van der Waals surface area contributed by atoms with Gasteiger partial charge >= 0.3 is 67.9 Å². The summed E-state index contributed by atoms with van der Waals surface area (Å²) in [7, 11) is -8.65. The number of halogens is 24. The molecular weight excluding hydrogens is 719 g/mol. The molecule has 1 N–H and O–H groups in total. The minimum absolute atomic E-state index is 1.57. The van der Waals surface area contributed by atoms with E-state index >= 15 is 0 Å². The standard InChI is InChI=1S/C14H7F24O4P/c15-3(1-5(17,18)19)7(23,24)9(27,28)11(31,32)13(35,36)41-43(39,40)42-14(37,38)12(33,34)10(29,30)8(25,26)4(16)2-6(20,21)22/h3-4H,1-2H2,(H,39,40). The van der Waals surface area contributed by atoms with Crippen molar-refractivity contribution in [3.05, 3.63) is 0 Å². The Morgan fingerprint density at radius 1 is 0.465 bits per heavy atom. The molecule has 0 bridgehead atoms. The maximum Gasteiger partial charge on any atom is 0.482 e. The number of hydrogen-bond acceptors (Lipinski definition) is 3. The summed E-state index contributed by atoms with van der Waals surface area (Å²) in [5.41, 5.74) is 0. The Balaban J connectivity index is 6.45. The van der Waals surface area contributed by atoms with Gasteiger partial charge in [-0.1, -0.05) is 0 Å². The third-order valence-electron chi connectivity index (χ3n) is 4.43. The minimum atomic E-state index is -8.65. The molecule has 4 nitrogen and oxygen atoms in total. The summed E-state index contributed by atoms with van der Waals surface area (Å²) in [4.78, 5) is 8.55. The van der Waals surface area contributed by atoms with E-state index in [0.717, 1.165) is 0 Å². The van der Waals surface area contributed by atoms with Crippen LogP contribution in [0.5, 0.6) is 0 Å². The summed E-state index contributed by atoms with van der Waals surface area (Å²) in [6.07, 6.45) is -47.4. The van der Waals surface area contributed by atoms with Crippen LogP contribution < -0.4 is 0 Å². The van der Waals surface area contributed by atoms with Gasteiger partial charge in [0.05, 0.1) is 12.8 Å². The number of hydrogen-bond donors (Lipinski definition) is 1. The Labute approximate surface area is 218 Å². The van der Waals surface area contributed by atoms with Crippen molar-refractivity contribution in [1.82, 2.24) is 0 Å². The molecule has 0 radical (unpaired) electrons.